The lowest BCUT2D eigenvalue weighted by molar-refractivity contribution is -0.145. The normalized spacial score (nSPS) is 34.3. The van der Waals surface area contributed by atoms with Crippen LogP contribution < -0.4 is 5.32 Å². The number of hydrogen-bond acceptors (Lipinski definition) is 3. The van der Waals surface area contributed by atoms with Crippen LogP contribution in [0.1, 0.15) is 34.1 Å². The van der Waals surface area contributed by atoms with Crippen molar-refractivity contribution in [3.8, 4) is 0 Å². The van der Waals surface area contributed by atoms with E-state index in [9.17, 15) is 9.90 Å². The lowest BCUT2D eigenvalue weighted by Gasteiger charge is -2.44. The number of piperidine rings is 1. The molecule has 2 N–H and O–H groups in total. The number of carboxylic acids is 1. The number of hydrogen-bond donors (Lipinski definition) is 2. The highest BCUT2D eigenvalue weighted by atomic mass is 16.4. The van der Waals surface area contributed by atoms with Gasteiger partial charge < -0.3 is 10.4 Å². The number of likely N-dealkylation sites (tertiary alicyclic amines) is 1. The van der Waals surface area contributed by atoms with E-state index in [2.05, 4.69) is 31.0 Å². The summed E-state index contributed by atoms with van der Waals surface area (Å²) in [7, 11) is 1.72. The zero-order valence-corrected chi connectivity index (χ0v) is 11.7. The molecule has 1 saturated heterocycles. The summed E-state index contributed by atoms with van der Waals surface area (Å²) < 4.78 is 0. The maximum absolute atomic E-state index is 11.3. The Morgan fingerprint density at radius 1 is 1.47 bits per heavy atom. The molecule has 0 aromatic heterocycles. The highest BCUT2D eigenvalue weighted by Crippen LogP contribution is 2.28. The van der Waals surface area contributed by atoms with Gasteiger partial charge in [-0.3, -0.25) is 9.69 Å². The fraction of sp³-hybridized carbons (Fsp3) is 0.923. The minimum Gasteiger partial charge on any atom is -0.480 e. The molecule has 4 nitrogen and oxygen atoms in total. The molecule has 1 aliphatic rings. The second-order valence-corrected chi connectivity index (χ2v) is 5.88. The first kappa shape index (κ1) is 14.5. The van der Waals surface area contributed by atoms with Crippen molar-refractivity contribution < 1.29 is 9.90 Å². The topological polar surface area (TPSA) is 52.6 Å². The summed E-state index contributed by atoms with van der Waals surface area (Å²) in [6.07, 6.45) is 1.24. The second-order valence-electron chi connectivity index (χ2n) is 5.88. The van der Waals surface area contributed by atoms with Gasteiger partial charge in [0.15, 0.2) is 0 Å². The highest BCUT2D eigenvalue weighted by Gasteiger charge is 2.38. The fourth-order valence-corrected chi connectivity index (χ4v) is 2.70. The van der Waals surface area contributed by atoms with Crippen LogP contribution in [0.15, 0.2) is 0 Å². The molecule has 0 aliphatic carbocycles. The summed E-state index contributed by atoms with van der Waals surface area (Å²) in [5.74, 6) is 0.503. The molecule has 4 atom stereocenters. The Morgan fingerprint density at radius 3 is 2.53 bits per heavy atom. The zero-order valence-electron chi connectivity index (χ0n) is 11.7. The summed E-state index contributed by atoms with van der Waals surface area (Å²) >= 11 is 0. The molecule has 0 bridgehead atoms. The Balaban J connectivity index is 2.75. The maximum atomic E-state index is 11.3. The monoisotopic (exact) mass is 242 g/mol. The van der Waals surface area contributed by atoms with Crippen LogP contribution >= 0.6 is 0 Å². The summed E-state index contributed by atoms with van der Waals surface area (Å²) in [5, 5.41) is 12.2. The average Bonchev–Trinajstić information content (AvgIpc) is 2.24. The number of nitrogens with zero attached hydrogens (tertiary/aromatic N) is 1. The number of rotatable bonds is 4. The van der Waals surface area contributed by atoms with Crippen LogP contribution in [0.4, 0.5) is 0 Å². The number of likely N-dealkylation sites (N-methyl/N-ethyl adjacent to an activating group) is 1. The first-order chi connectivity index (χ1) is 7.80. The number of carbonyl (C=O) groups is 1. The van der Waals surface area contributed by atoms with Gasteiger partial charge in [-0.1, -0.05) is 13.8 Å². The molecule has 1 rings (SSSR count). The lowest BCUT2D eigenvalue weighted by atomic mass is 9.85. The molecule has 1 aliphatic heterocycles. The number of carboxylic acid groups (broad SMARTS) is 1. The van der Waals surface area contributed by atoms with Crippen LogP contribution in [0.2, 0.25) is 0 Å². The van der Waals surface area contributed by atoms with Crippen molar-refractivity contribution in [3.05, 3.63) is 0 Å². The van der Waals surface area contributed by atoms with Crippen molar-refractivity contribution in [1.82, 2.24) is 10.2 Å². The first-order valence-corrected chi connectivity index (χ1v) is 6.46. The molecule has 1 heterocycles. The van der Waals surface area contributed by atoms with E-state index in [4.69, 9.17) is 0 Å². The van der Waals surface area contributed by atoms with Gasteiger partial charge in [-0.2, -0.15) is 0 Å². The van der Waals surface area contributed by atoms with Crippen molar-refractivity contribution in [2.75, 3.05) is 20.1 Å². The molecule has 0 saturated carbocycles. The van der Waals surface area contributed by atoms with Gasteiger partial charge in [0.25, 0.3) is 0 Å². The maximum Gasteiger partial charge on any atom is 0.324 e. The SMILES string of the molecule is CNC(C)(CN1CC(C)CC(C)C1C)C(=O)O. The molecule has 17 heavy (non-hydrogen) atoms. The van der Waals surface area contributed by atoms with E-state index in [1.54, 1.807) is 14.0 Å². The minimum atomic E-state index is -0.856. The standard InChI is InChI=1S/C13H26N2O2/c1-9-6-10(2)11(3)15(7-9)8-13(4,14-5)12(16)17/h9-11,14H,6-8H2,1-5H3,(H,16,17). The Kier molecular flexibility index (Phi) is 4.55. The molecule has 1 fully saturated rings. The average molecular weight is 242 g/mol. The molecule has 0 amide bonds. The quantitative estimate of drug-likeness (QED) is 0.783. The summed E-state index contributed by atoms with van der Waals surface area (Å²) in [6.45, 7) is 10.0. The van der Waals surface area contributed by atoms with Crippen LogP contribution in [-0.4, -0.2) is 47.7 Å². The molecule has 0 aromatic carbocycles. The van der Waals surface area contributed by atoms with Gasteiger partial charge in [0.05, 0.1) is 0 Å². The Labute approximate surface area is 104 Å². The van der Waals surface area contributed by atoms with Crippen molar-refractivity contribution in [2.45, 2.75) is 45.7 Å². The van der Waals surface area contributed by atoms with Crippen molar-refractivity contribution in [1.29, 1.82) is 0 Å². The summed E-state index contributed by atoms with van der Waals surface area (Å²) in [5.41, 5.74) is -0.856. The molecule has 4 heteroatoms. The van der Waals surface area contributed by atoms with Crippen molar-refractivity contribution in [2.24, 2.45) is 11.8 Å². The third-order valence-electron chi connectivity index (χ3n) is 4.26. The summed E-state index contributed by atoms with van der Waals surface area (Å²) in [4.78, 5) is 13.6. The third kappa shape index (κ3) is 3.19. The fourth-order valence-electron chi connectivity index (χ4n) is 2.70. The van der Waals surface area contributed by atoms with Gasteiger partial charge in [-0.25, -0.2) is 0 Å². The predicted octanol–water partition coefficient (Wildman–Crippen LogP) is 1.42. The van der Waals surface area contributed by atoms with Crippen LogP contribution in [0.5, 0.6) is 0 Å². The van der Waals surface area contributed by atoms with Crippen LogP contribution in [-0.2, 0) is 4.79 Å². The second kappa shape index (κ2) is 5.36. The summed E-state index contributed by atoms with van der Waals surface area (Å²) in [6, 6.07) is 0.457. The third-order valence-corrected chi connectivity index (χ3v) is 4.26. The van der Waals surface area contributed by atoms with E-state index >= 15 is 0 Å². The highest BCUT2D eigenvalue weighted by molar-refractivity contribution is 5.78. The lowest BCUT2D eigenvalue weighted by Crippen LogP contribution is -2.59. The molecule has 4 unspecified atom stereocenters. The molecule has 0 radical (unpaired) electrons. The van der Waals surface area contributed by atoms with Gasteiger partial charge in [0.1, 0.15) is 5.54 Å². The molecule has 0 spiro atoms. The van der Waals surface area contributed by atoms with E-state index in [-0.39, 0.29) is 0 Å². The molecular weight excluding hydrogens is 216 g/mol. The molecule has 0 aromatic rings. The zero-order chi connectivity index (χ0) is 13.2. The number of nitrogens with one attached hydrogen (secondary N) is 1. The number of aliphatic carboxylic acids is 1. The van der Waals surface area contributed by atoms with Crippen molar-refractivity contribution >= 4 is 5.97 Å². The van der Waals surface area contributed by atoms with Gasteiger partial charge in [0, 0.05) is 19.1 Å². The predicted molar refractivity (Wildman–Crippen MR) is 69.1 cm³/mol. The van der Waals surface area contributed by atoms with Crippen LogP contribution in [0, 0.1) is 11.8 Å². The minimum absolute atomic E-state index is 0.457. The first-order valence-electron chi connectivity index (χ1n) is 6.46. The Hall–Kier alpha value is -0.610. The van der Waals surface area contributed by atoms with Gasteiger partial charge in [0.2, 0.25) is 0 Å². The van der Waals surface area contributed by atoms with Crippen molar-refractivity contribution in [3.63, 3.8) is 0 Å². The Bertz CT molecular complexity index is 283. The van der Waals surface area contributed by atoms with E-state index in [1.165, 1.54) is 6.42 Å². The van der Waals surface area contributed by atoms with Crippen LogP contribution in [0.3, 0.4) is 0 Å². The largest absolute Gasteiger partial charge is 0.480 e. The van der Waals surface area contributed by atoms with E-state index in [0.29, 0.717) is 24.4 Å². The van der Waals surface area contributed by atoms with Gasteiger partial charge in [-0.15, -0.1) is 0 Å². The van der Waals surface area contributed by atoms with Gasteiger partial charge >= 0.3 is 5.97 Å². The molecule has 100 valence electrons. The Morgan fingerprint density at radius 2 is 2.06 bits per heavy atom. The van der Waals surface area contributed by atoms with Gasteiger partial charge in [-0.05, 0) is 39.2 Å². The molecular formula is C13H26N2O2. The van der Waals surface area contributed by atoms with E-state index in [1.807, 2.05) is 0 Å². The van der Waals surface area contributed by atoms with Crippen LogP contribution in [0.25, 0.3) is 0 Å². The smallest absolute Gasteiger partial charge is 0.324 e. The van der Waals surface area contributed by atoms with E-state index in [0.717, 1.165) is 6.54 Å². The van der Waals surface area contributed by atoms with E-state index < -0.39 is 11.5 Å².